The SMILES string of the molecule is CC(CCCC(=O)O)CCCC(=O)O. The van der Waals surface area contributed by atoms with Crippen molar-refractivity contribution < 1.29 is 19.8 Å². The van der Waals surface area contributed by atoms with Crippen LogP contribution in [0.4, 0.5) is 0 Å². The fourth-order valence-corrected chi connectivity index (χ4v) is 1.35. The van der Waals surface area contributed by atoms with Crippen LogP contribution < -0.4 is 0 Å². The van der Waals surface area contributed by atoms with Gasteiger partial charge in [-0.3, -0.25) is 9.59 Å². The van der Waals surface area contributed by atoms with Crippen molar-refractivity contribution in [3.8, 4) is 0 Å². The maximum atomic E-state index is 10.2. The molecule has 4 heteroatoms. The maximum Gasteiger partial charge on any atom is 0.303 e. The molecule has 0 radical (unpaired) electrons. The standard InChI is InChI=1S/C10H18O4/c1-8(4-2-6-9(11)12)5-3-7-10(13)14/h8H,2-7H2,1H3,(H,11,12)(H,13,14). The molecule has 0 atom stereocenters. The normalized spacial score (nSPS) is 10.4. The Morgan fingerprint density at radius 2 is 1.36 bits per heavy atom. The molecule has 0 saturated carbocycles. The zero-order valence-corrected chi connectivity index (χ0v) is 8.53. The van der Waals surface area contributed by atoms with E-state index >= 15 is 0 Å². The highest BCUT2D eigenvalue weighted by molar-refractivity contribution is 5.66. The van der Waals surface area contributed by atoms with Gasteiger partial charge >= 0.3 is 11.9 Å². The minimum absolute atomic E-state index is 0.212. The largest absolute Gasteiger partial charge is 0.481 e. The van der Waals surface area contributed by atoms with E-state index in [1.807, 2.05) is 6.92 Å². The van der Waals surface area contributed by atoms with Crippen LogP contribution in [-0.4, -0.2) is 22.2 Å². The molecule has 4 nitrogen and oxygen atoms in total. The summed E-state index contributed by atoms with van der Waals surface area (Å²) in [5.41, 5.74) is 0. The molecule has 0 aromatic carbocycles. The van der Waals surface area contributed by atoms with E-state index < -0.39 is 11.9 Å². The quantitative estimate of drug-likeness (QED) is 0.632. The summed E-state index contributed by atoms with van der Waals surface area (Å²) in [6.07, 6.45) is 3.53. The average Bonchev–Trinajstić information content (AvgIpc) is 2.02. The Morgan fingerprint density at radius 1 is 1.00 bits per heavy atom. The van der Waals surface area contributed by atoms with Gasteiger partial charge in [-0.15, -0.1) is 0 Å². The number of carbonyl (C=O) groups is 2. The predicted molar refractivity (Wildman–Crippen MR) is 52.1 cm³/mol. The van der Waals surface area contributed by atoms with Crippen LogP contribution >= 0.6 is 0 Å². The van der Waals surface area contributed by atoms with Gasteiger partial charge in [0.05, 0.1) is 0 Å². The summed E-state index contributed by atoms with van der Waals surface area (Å²) < 4.78 is 0. The molecular weight excluding hydrogens is 184 g/mol. The van der Waals surface area contributed by atoms with Crippen LogP contribution in [0.1, 0.15) is 45.4 Å². The van der Waals surface area contributed by atoms with Gasteiger partial charge in [-0.1, -0.05) is 19.8 Å². The third-order valence-corrected chi connectivity index (χ3v) is 2.18. The van der Waals surface area contributed by atoms with Crippen LogP contribution in [0.5, 0.6) is 0 Å². The van der Waals surface area contributed by atoms with Gasteiger partial charge in [0, 0.05) is 12.8 Å². The van der Waals surface area contributed by atoms with Crippen molar-refractivity contribution in [1.29, 1.82) is 0 Å². The van der Waals surface area contributed by atoms with Crippen molar-refractivity contribution in [2.45, 2.75) is 45.4 Å². The molecule has 0 aromatic heterocycles. The predicted octanol–water partition coefficient (Wildman–Crippen LogP) is 2.13. The molecule has 0 aliphatic rings. The van der Waals surface area contributed by atoms with E-state index in [0.717, 1.165) is 12.8 Å². The highest BCUT2D eigenvalue weighted by atomic mass is 16.4. The zero-order valence-electron chi connectivity index (χ0n) is 8.53. The van der Waals surface area contributed by atoms with Crippen molar-refractivity contribution in [2.24, 2.45) is 5.92 Å². The lowest BCUT2D eigenvalue weighted by atomic mass is 9.98. The molecule has 14 heavy (non-hydrogen) atoms. The van der Waals surface area contributed by atoms with Gasteiger partial charge in [-0.05, 0) is 18.8 Å². The van der Waals surface area contributed by atoms with E-state index in [4.69, 9.17) is 10.2 Å². The highest BCUT2D eigenvalue weighted by Gasteiger charge is 2.05. The van der Waals surface area contributed by atoms with Crippen LogP contribution in [0, 0.1) is 5.92 Å². The van der Waals surface area contributed by atoms with Crippen molar-refractivity contribution in [3.05, 3.63) is 0 Å². The van der Waals surface area contributed by atoms with Crippen molar-refractivity contribution in [2.75, 3.05) is 0 Å². The molecule has 0 aliphatic carbocycles. The molecule has 0 rings (SSSR count). The molecule has 0 fully saturated rings. The van der Waals surface area contributed by atoms with Gasteiger partial charge in [-0.2, -0.15) is 0 Å². The van der Waals surface area contributed by atoms with Gasteiger partial charge in [0.15, 0.2) is 0 Å². The number of carboxylic acids is 2. The minimum Gasteiger partial charge on any atom is -0.481 e. The summed E-state index contributed by atoms with van der Waals surface area (Å²) in [5, 5.41) is 16.8. The van der Waals surface area contributed by atoms with Crippen LogP contribution in [0.2, 0.25) is 0 Å². The lowest BCUT2D eigenvalue weighted by molar-refractivity contribution is -0.138. The molecular formula is C10H18O4. The number of carboxylic acid groups (broad SMARTS) is 2. The van der Waals surface area contributed by atoms with Crippen LogP contribution in [-0.2, 0) is 9.59 Å². The Hall–Kier alpha value is -1.06. The summed E-state index contributed by atoms with van der Waals surface area (Å²) in [6.45, 7) is 2.03. The lowest BCUT2D eigenvalue weighted by Gasteiger charge is -2.08. The Morgan fingerprint density at radius 3 is 1.64 bits per heavy atom. The van der Waals surface area contributed by atoms with Crippen LogP contribution in [0.25, 0.3) is 0 Å². The summed E-state index contributed by atoms with van der Waals surface area (Å²) in [4.78, 5) is 20.4. The second kappa shape index (κ2) is 7.35. The average molecular weight is 202 g/mol. The lowest BCUT2D eigenvalue weighted by Crippen LogP contribution is -2.01. The fraction of sp³-hybridized carbons (Fsp3) is 0.800. The van der Waals surface area contributed by atoms with E-state index in [9.17, 15) is 9.59 Å². The van der Waals surface area contributed by atoms with Crippen LogP contribution in [0.3, 0.4) is 0 Å². The Balaban J connectivity index is 3.32. The molecule has 0 bridgehead atoms. The summed E-state index contributed by atoms with van der Waals surface area (Å²) >= 11 is 0. The first kappa shape index (κ1) is 12.9. The zero-order chi connectivity index (χ0) is 11.0. The third kappa shape index (κ3) is 9.03. The number of hydrogen-bond donors (Lipinski definition) is 2. The fourth-order valence-electron chi connectivity index (χ4n) is 1.35. The van der Waals surface area contributed by atoms with Crippen molar-refractivity contribution >= 4 is 11.9 Å². The van der Waals surface area contributed by atoms with Gasteiger partial charge in [-0.25, -0.2) is 0 Å². The maximum absolute atomic E-state index is 10.2. The van der Waals surface area contributed by atoms with E-state index in [0.29, 0.717) is 18.8 Å². The molecule has 0 aromatic rings. The van der Waals surface area contributed by atoms with E-state index in [1.54, 1.807) is 0 Å². The molecule has 0 amide bonds. The summed E-state index contributed by atoms with van der Waals surface area (Å²) in [7, 11) is 0. The third-order valence-electron chi connectivity index (χ3n) is 2.18. The summed E-state index contributed by atoms with van der Waals surface area (Å²) in [5.74, 6) is -1.10. The van der Waals surface area contributed by atoms with E-state index in [1.165, 1.54) is 0 Å². The second-order valence-corrected chi connectivity index (χ2v) is 3.68. The van der Waals surface area contributed by atoms with Crippen LogP contribution in [0.15, 0.2) is 0 Å². The number of hydrogen-bond acceptors (Lipinski definition) is 2. The van der Waals surface area contributed by atoms with E-state index in [-0.39, 0.29) is 12.8 Å². The number of rotatable bonds is 8. The van der Waals surface area contributed by atoms with Gasteiger partial charge < -0.3 is 10.2 Å². The molecule has 0 unspecified atom stereocenters. The van der Waals surface area contributed by atoms with Gasteiger partial charge in [0.25, 0.3) is 0 Å². The second-order valence-electron chi connectivity index (χ2n) is 3.68. The van der Waals surface area contributed by atoms with Gasteiger partial charge in [0.2, 0.25) is 0 Å². The molecule has 2 N–H and O–H groups in total. The van der Waals surface area contributed by atoms with Crippen molar-refractivity contribution in [1.82, 2.24) is 0 Å². The minimum atomic E-state index is -0.761. The Bertz CT molecular complexity index is 169. The first-order valence-electron chi connectivity index (χ1n) is 4.96. The molecule has 82 valence electrons. The molecule has 0 aliphatic heterocycles. The first-order chi connectivity index (χ1) is 6.52. The van der Waals surface area contributed by atoms with Crippen molar-refractivity contribution in [3.63, 3.8) is 0 Å². The Kier molecular flexibility index (Phi) is 6.80. The molecule has 0 heterocycles. The smallest absolute Gasteiger partial charge is 0.303 e. The molecule has 0 spiro atoms. The monoisotopic (exact) mass is 202 g/mol. The van der Waals surface area contributed by atoms with Gasteiger partial charge in [0.1, 0.15) is 0 Å². The number of aliphatic carboxylic acids is 2. The van der Waals surface area contributed by atoms with E-state index in [2.05, 4.69) is 0 Å². The summed E-state index contributed by atoms with van der Waals surface area (Å²) in [6, 6.07) is 0. The topological polar surface area (TPSA) is 74.6 Å². The molecule has 0 saturated heterocycles. The Labute approximate surface area is 83.9 Å². The highest BCUT2D eigenvalue weighted by Crippen LogP contribution is 2.14. The first-order valence-corrected chi connectivity index (χ1v) is 4.96.